The molecule has 0 saturated heterocycles. The van der Waals surface area contributed by atoms with Crippen molar-refractivity contribution in [3.8, 4) is 5.75 Å². The number of hydrogen-bond donors (Lipinski definition) is 3. The number of rotatable bonds is 6. The van der Waals surface area contributed by atoms with Crippen LogP contribution in [0.3, 0.4) is 0 Å². The highest BCUT2D eigenvalue weighted by atomic mass is 32.1. The molecule has 4 N–H and O–H groups in total. The van der Waals surface area contributed by atoms with Crippen molar-refractivity contribution in [2.45, 2.75) is 18.9 Å². The van der Waals surface area contributed by atoms with Crippen molar-refractivity contribution in [1.29, 1.82) is 0 Å². The van der Waals surface area contributed by atoms with E-state index in [1.807, 2.05) is 6.07 Å². The van der Waals surface area contributed by atoms with Gasteiger partial charge < -0.3 is 20.9 Å². The fourth-order valence-corrected chi connectivity index (χ4v) is 2.59. The zero-order valence-corrected chi connectivity index (χ0v) is 12.1. The Labute approximate surface area is 124 Å². The minimum Gasteiger partial charge on any atom is -0.497 e. The number of carboxylic acids is 1. The van der Waals surface area contributed by atoms with Crippen LogP contribution in [0, 0.1) is 0 Å². The van der Waals surface area contributed by atoms with Gasteiger partial charge in [0.15, 0.2) is 5.13 Å². The third kappa shape index (κ3) is 3.89. The maximum atomic E-state index is 11.8. The molecule has 0 aliphatic carbocycles. The highest BCUT2D eigenvalue weighted by Gasteiger charge is 2.16. The van der Waals surface area contributed by atoms with Crippen LogP contribution in [-0.4, -0.2) is 35.1 Å². The van der Waals surface area contributed by atoms with Gasteiger partial charge in [-0.15, -0.1) is 0 Å². The van der Waals surface area contributed by atoms with Gasteiger partial charge in [0.1, 0.15) is 5.75 Å². The molecule has 2 aromatic rings. The maximum Gasteiger partial charge on any atom is 0.303 e. The second-order valence-electron chi connectivity index (χ2n) is 4.38. The number of hydrogen-bond acceptors (Lipinski definition) is 6. The van der Waals surface area contributed by atoms with E-state index in [0.29, 0.717) is 10.9 Å². The van der Waals surface area contributed by atoms with Crippen LogP contribution in [0.1, 0.15) is 12.8 Å². The van der Waals surface area contributed by atoms with E-state index in [-0.39, 0.29) is 12.8 Å². The van der Waals surface area contributed by atoms with Crippen LogP contribution in [0.5, 0.6) is 5.75 Å². The smallest absolute Gasteiger partial charge is 0.303 e. The van der Waals surface area contributed by atoms with Gasteiger partial charge in [0.25, 0.3) is 0 Å². The molecule has 1 atom stereocenters. The van der Waals surface area contributed by atoms with Gasteiger partial charge in [0.05, 0.1) is 23.4 Å². The highest BCUT2D eigenvalue weighted by Crippen LogP contribution is 2.29. The molecule has 7 nitrogen and oxygen atoms in total. The number of nitrogens with zero attached hydrogens (tertiary/aromatic N) is 1. The summed E-state index contributed by atoms with van der Waals surface area (Å²) in [5, 5.41) is 11.6. The summed E-state index contributed by atoms with van der Waals surface area (Å²) >= 11 is 1.30. The van der Waals surface area contributed by atoms with Crippen LogP contribution in [0.15, 0.2) is 18.2 Å². The molecule has 0 radical (unpaired) electrons. The molecule has 0 saturated carbocycles. The number of aliphatic carboxylic acids is 1. The summed E-state index contributed by atoms with van der Waals surface area (Å²) in [6, 6.07) is 4.53. The van der Waals surface area contributed by atoms with Crippen molar-refractivity contribution in [3.05, 3.63) is 18.2 Å². The van der Waals surface area contributed by atoms with E-state index in [9.17, 15) is 9.59 Å². The number of benzene rings is 1. The first-order valence-corrected chi connectivity index (χ1v) is 7.04. The summed E-state index contributed by atoms with van der Waals surface area (Å²) in [5.41, 5.74) is 6.38. The topological polar surface area (TPSA) is 115 Å². The van der Waals surface area contributed by atoms with E-state index in [1.165, 1.54) is 11.3 Å². The highest BCUT2D eigenvalue weighted by molar-refractivity contribution is 7.22. The molecular weight excluding hydrogens is 294 g/mol. The fraction of sp³-hybridized carbons (Fsp3) is 0.308. The molecule has 0 aliphatic rings. The van der Waals surface area contributed by atoms with Crippen molar-refractivity contribution in [2.75, 3.05) is 12.4 Å². The van der Waals surface area contributed by atoms with Gasteiger partial charge in [-0.3, -0.25) is 9.59 Å². The van der Waals surface area contributed by atoms with E-state index in [1.54, 1.807) is 19.2 Å². The first kappa shape index (κ1) is 15.2. The molecular formula is C13H15N3O4S. The number of amides is 1. The minimum absolute atomic E-state index is 0.0832. The molecule has 112 valence electrons. The lowest BCUT2D eigenvalue weighted by atomic mass is 10.1. The van der Waals surface area contributed by atoms with Crippen LogP contribution in [-0.2, 0) is 9.59 Å². The van der Waals surface area contributed by atoms with E-state index in [2.05, 4.69) is 10.3 Å². The number of nitrogens with one attached hydrogen (secondary N) is 1. The largest absolute Gasteiger partial charge is 0.497 e. The number of carbonyl (C=O) groups excluding carboxylic acids is 1. The van der Waals surface area contributed by atoms with Crippen LogP contribution in [0.25, 0.3) is 10.2 Å². The Balaban J connectivity index is 2.05. The Kier molecular flexibility index (Phi) is 4.71. The van der Waals surface area contributed by atoms with E-state index in [4.69, 9.17) is 15.6 Å². The molecule has 21 heavy (non-hydrogen) atoms. The van der Waals surface area contributed by atoms with E-state index >= 15 is 0 Å². The predicted molar refractivity (Wildman–Crippen MR) is 79.6 cm³/mol. The molecule has 1 aromatic carbocycles. The predicted octanol–water partition coefficient (Wildman–Crippen LogP) is 1.44. The van der Waals surface area contributed by atoms with Crippen LogP contribution < -0.4 is 15.8 Å². The zero-order valence-electron chi connectivity index (χ0n) is 11.3. The Morgan fingerprint density at radius 1 is 1.52 bits per heavy atom. The number of methoxy groups -OCH3 is 1. The summed E-state index contributed by atoms with van der Waals surface area (Å²) in [7, 11) is 1.58. The lowest BCUT2D eigenvalue weighted by Gasteiger charge is -2.08. The van der Waals surface area contributed by atoms with E-state index < -0.39 is 17.9 Å². The van der Waals surface area contributed by atoms with Crippen molar-refractivity contribution in [1.82, 2.24) is 4.98 Å². The molecule has 0 aliphatic heterocycles. The van der Waals surface area contributed by atoms with Crippen LogP contribution in [0.4, 0.5) is 5.13 Å². The standard InChI is InChI=1S/C13H15N3O4S/c1-20-7-2-4-9-10(6-7)21-13(15-9)16-12(19)8(14)3-5-11(17)18/h2,4,6,8H,3,5,14H2,1H3,(H,17,18)(H,15,16,19). The second-order valence-corrected chi connectivity index (χ2v) is 5.41. The minimum atomic E-state index is -0.981. The number of fused-ring (bicyclic) bond motifs is 1. The third-order valence-electron chi connectivity index (χ3n) is 2.83. The van der Waals surface area contributed by atoms with Gasteiger partial charge in [-0.2, -0.15) is 0 Å². The van der Waals surface area contributed by atoms with E-state index in [0.717, 1.165) is 10.2 Å². The summed E-state index contributed by atoms with van der Waals surface area (Å²) in [4.78, 5) is 26.6. The first-order chi connectivity index (χ1) is 9.99. The molecule has 1 unspecified atom stereocenters. The Hall–Kier alpha value is -2.19. The SMILES string of the molecule is COc1ccc2nc(NC(=O)C(N)CCC(=O)O)sc2c1. The average molecular weight is 309 g/mol. The van der Waals surface area contributed by atoms with Crippen molar-refractivity contribution < 1.29 is 19.4 Å². The number of aromatic nitrogens is 1. The van der Waals surface area contributed by atoms with Gasteiger partial charge in [-0.1, -0.05) is 11.3 Å². The molecule has 0 fully saturated rings. The molecule has 2 rings (SSSR count). The molecule has 0 bridgehead atoms. The lowest BCUT2D eigenvalue weighted by molar-refractivity contribution is -0.137. The summed E-state index contributed by atoms with van der Waals surface area (Å²) in [6.07, 6.45) is -0.0640. The summed E-state index contributed by atoms with van der Waals surface area (Å²) < 4.78 is 6.00. The molecule has 0 spiro atoms. The average Bonchev–Trinajstić information content (AvgIpc) is 2.85. The number of carboxylic acid groups (broad SMARTS) is 1. The molecule has 1 aromatic heterocycles. The number of carbonyl (C=O) groups is 2. The number of nitrogens with two attached hydrogens (primary N) is 1. The number of ether oxygens (including phenoxy) is 1. The first-order valence-electron chi connectivity index (χ1n) is 6.22. The van der Waals surface area contributed by atoms with Crippen molar-refractivity contribution in [3.63, 3.8) is 0 Å². The van der Waals surface area contributed by atoms with Crippen LogP contribution in [0.2, 0.25) is 0 Å². The molecule has 1 amide bonds. The normalized spacial score (nSPS) is 12.1. The zero-order chi connectivity index (χ0) is 15.4. The van der Waals surface area contributed by atoms with Gasteiger partial charge in [-0.25, -0.2) is 4.98 Å². The van der Waals surface area contributed by atoms with Gasteiger partial charge >= 0.3 is 5.97 Å². The number of anilines is 1. The monoisotopic (exact) mass is 309 g/mol. The molecule has 1 heterocycles. The summed E-state index contributed by atoms with van der Waals surface area (Å²) in [5.74, 6) is -0.713. The lowest BCUT2D eigenvalue weighted by Crippen LogP contribution is -2.35. The van der Waals surface area contributed by atoms with Crippen LogP contribution >= 0.6 is 11.3 Å². The van der Waals surface area contributed by atoms with Crippen molar-refractivity contribution in [2.24, 2.45) is 5.73 Å². The Morgan fingerprint density at radius 3 is 2.95 bits per heavy atom. The molecule has 8 heteroatoms. The van der Waals surface area contributed by atoms with Gasteiger partial charge in [-0.05, 0) is 24.6 Å². The second kappa shape index (κ2) is 6.51. The van der Waals surface area contributed by atoms with Crippen molar-refractivity contribution >= 4 is 38.6 Å². The third-order valence-corrected chi connectivity index (χ3v) is 3.77. The number of thiazole rings is 1. The maximum absolute atomic E-state index is 11.8. The quantitative estimate of drug-likeness (QED) is 0.743. The summed E-state index contributed by atoms with van der Waals surface area (Å²) in [6.45, 7) is 0. The Morgan fingerprint density at radius 2 is 2.29 bits per heavy atom. The Bertz CT molecular complexity index is 670. The fourth-order valence-electron chi connectivity index (χ4n) is 1.69. The van der Waals surface area contributed by atoms with Gasteiger partial charge in [0.2, 0.25) is 5.91 Å². The van der Waals surface area contributed by atoms with Gasteiger partial charge in [0, 0.05) is 6.42 Å².